The Morgan fingerprint density at radius 3 is 2.18 bits per heavy atom. The first-order valence-electron chi connectivity index (χ1n) is 8.96. The van der Waals surface area contributed by atoms with E-state index in [0.717, 1.165) is 38.1 Å². The second-order valence-electron chi connectivity index (χ2n) is 7.69. The summed E-state index contributed by atoms with van der Waals surface area (Å²) in [6, 6.07) is 0.935. The van der Waals surface area contributed by atoms with Crippen molar-refractivity contribution in [1.82, 2.24) is 10.2 Å². The lowest BCUT2D eigenvalue weighted by Crippen LogP contribution is -2.45. The minimum absolute atomic E-state index is 0.194. The van der Waals surface area contributed by atoms with Crippen LogP contribution < -0.4 is 5.32 Å². The molecule has 0 atom stereocenters. The van der Waals surface area contributed by atoms with Gasteiger partial charge in [-0.3, -0.25) is 0 Å². The Balaban J connectivity index is 2.34. The minimum atomic E-state index is -0.417. The van der Waals surface area contributed by atoms with Crippen LogP contribution in [0.25, 0.3) is 0 Å². The number of rotatable bonds is 6. The molecule has 0 heterocycles. The molecule has 1 amide bonds. The summed E-state index contributed by atoms with van der Waals surface area (Å²) in [4.78, 5) is 13.9. The first-order chi connectivity index (χ1) is 10.3. The number of hydrogen-bond donors (Lipinski definition) is 1. The van der Waals surface area contributed by atoms with E-state index in [9.17, 15) is 4.79 Å². The summed E-state index contributed by atoms with van der Waals surface area (Å²) in [6.07, 6.45) is 6.74. The van der Waals surface area contributed by atoms with Crippen LogP contribution in [0.2, 0.25) is 0 Å². The van der Waals surface area contributed by atoms with Crippen LogP contribution in [0.15, 0.2) is 0 Å². The summed E-state index contributed by atoms with van der Waals surface area (Å²) >= 11 is 0. The molecule has 0 aliphatic heterocycles. The number of ether oxygens (including phenoxy) is 1. The molecular weight excluding hydrogens is 276 g/mol. The molecular formula is C18H36N2O2. The summed E-state index contributed by atoms with van der Waals surface area (Å²) in [5.74, 6) is 0.794. The lowest BCUT2D eigenvalue weighted by molar-refractivity contribution is 0.0179. The van der Waals surface area contributed by atoms with Gasteiger partial charge in [0.15, 0.2) is 0 Å². The Hall–Kier alpha value is -0.770. The number of carbonyl (C=O) groups excluding carboxylic acids is 1. The van der Waals surface area contributed by atoms with Gasteiger partial charge in [0.1, 0.15) is 5.60 Å². The predicted molar refractivity (Wildman–Crippen MR) is 92.1 cm³/mol. The Morgan fingerprint density at radius 2 is 1.73 bits per heavy atom. The van der Waals surface area contributed by atoms with Crippen molar-refractivity contribution in [2.45, 2.75) is 90.8 Å². The zero-order valence-corrected chi connectivity index (χ0v) is 15.4. The second kappa shape index (κ2) is 8.76. The van der Waals surface area contributed by atoms with Gasteiger partial charge < -0.3 is 15.0 Å². The molecule has 1 rings (SSSR count). The highest BCUT2D eigenvalue weighted by molar-refractivity contribution is 5.68. The highest BCUT2D eigenvalue weighted by atomic mass is 16.6. The molecule has 1 N–H and O–H groups in total. The van der Waals surface area contributed by atoms with Gasteiger partial charge in [-0.1, -0.05) is 26.7 Å². The fourth-order valence-electron chi connectivity index (χ4n) is 3.06. The molecule has 0 unspecified atom stereocenters. The Labute approximate surface area is 137 Å². The molecule has 0 saturated heterocycles. The molecule has 1 aliphatic rings. The van der Waals surface area contributed by atoms with Crippen molar-refractivity contribution in [2.24, 2.45) is 5.92 Å². The monoisotopic (exact) mass is 312 g/mol. The van der Waals surface area contributed by atoms with Crippen LogP contribution in [0.3, 0.4) is 0 Å². The maximum Gasteiger partial charge on any atom is 0.410 e. The van der Waals surface area contributed by atoms with Crippen LogP contribution in [0, 0.1) is 5.92 Å². The SMILES string of the molecule is CCC(CC)CNC1CCC(N(C)C(=O)OC(C)(C)C)CC1. The van der Waals surface area contributed by atoms with Crippen molar-refractivity contribution in [3.8, 4) is 0 Å². The van der Waals surface area contributed by atoms with Crippen molar-refractivity contribution < 1.29 is 9.53 Å². The van der Waals surface area contributed by atoms with Crippen molar-refractivity contribution >= 4 is 6.09 Å². The molecule has 0 bridgehead atoms. The van der Waals surface area contributed by atoms with E-state index in [-0.39, 0.29) is 6.09 Å². The second-order valence-corrected chi connectivity index (χ2v) is 7.69. The molecule has 1 fully saturated rings. The summed E-state index contributed by atoms with van der Waals surface area (Å²) in [6.45, 7) is 11.4. The van der Waals surface area contributed by atoms with E-state index in [4.69, 9.17) is 4.74 Å². The van der Waals surface area contributed by atoms with Crippen LogP contribution in [-0.2, 0) is 4.74 Å². The van der Waals surface area contributed by atoms with Crippen LogP contribution in [0.4, 0.5) is 4.79 Å². The smallest absolute Gasteiger partial charge is 0.410 e. The Kier molecular flexibility index (Phi) is 7.67. The fraction of sp³-hybridized carbons (Fsp3) is 0.944. The van der Waals surface area contributed by atoms with E-state index in [2.05, 4.69) is 19.2 Å². The van der Waals surface area contributed by atoms with Gasteiger partial charge in [0, 0.05) is 19.1 Å². The van der Waals surface area contributed by atoms with Crippen molar-refractivity contribution in [2.75, 3.05) is 13.6 Å². The Bertz CT molecular complexity index is 326. The van der Waals surface area contributed by atoms with Gasteiger partial charge in [-0.2, -0.15) is 0 Å². The predicted octanol–water partition coefficient (Wildman–Crippen LogP) is 4.19. The van der Waals surface area contributed by atoms with E-state index >= 15 is 0 Å². The summed E-state index contributed by atoms with van der Waals surface area (Å²) in [7, 11) is 1.87. The average molecular weight is 312 g/mol. The standard InChI is InChI=1S/C18H36N2O2/c1-7-14(8-2)13-19-15-9-11-16(12-10-15)20(6)17(21)22-18(3,4)5/h14-16,19H,7-13H2,1-6H3. The quantitative estimate of drug-likeness (QED) is 0.799. The number of nitrogens with one attached hydrogen (secondary N) is 1. The van der Waals surface area contributed by atoms with Gasteiger partial charge in [0.05, 0.1) is 0 Å². The Morgan fingerprint density at radius 1 is 1.18 bits per heavy atom. The number of hydrogen-bond acceptors (Lipinski definition) is 3. The summed E-state index contributed by atoms with van der Waals surface area (Å²) in [5.41, 5.74) is -0.417. The normalized spacial score (nSPS) is 22.7. The van der Waals surface area contributed by atoms with Gasteiger partial charge in [0.2, 0.25) is 0 Å². The van der Waals surface area contributed by atoms with E-state index < -0.39 is 5.60 Å². The molecule has 22 heavy (non-hydrogen) atoms. The summed E-state index contributed by atoms with van der Waals surface area (Å²) in [5, 5.41) is 3.72. The van der Waals surface area contributed by atoms with E-state index in [1.807, 2.05) is 27.8 Å². The van der Waals surface area contributed by atoms with E-state index in [0.29, 0.717) is 12.1 Å². The molecule has 1 saturated carbocycles. The molecule has 0 aromatic carbocycles. The number of amides is 1. The van der Waals surface area contributed by atoms with Gasteiger partial charge in [-0.25, -0.2) is 4.79 Å². The maximum absolute atomic E-state index is 12.1. The third kappa shape index (κ3) is 6.55. The maximum atomic E-state index is 12.1. The molecule has 130 valence electrons. The first kappa shape index (κ1) is 19.3. The molecule has 4 heteroatoms. The van der Waals surface area contributed by atoms with Gasteiger partial charge in [-0.15, -0.1) is 0 Å². The first-order valence-corrected chi connectivity index (χ1v) is 8.96. The minimum Gasteiger partial charge on any atom is -0.444 e. The lowest BCUT2D eigenvalue weighted by atomic mass is 9.90. The van der Waals surface area contributed by atoms with Gasteiger partial charge in [0.25, 0.3) is 0 Å². The summed E-state index contributed by atoms with van der Waals surface area (Å²) < 4.78 is 5.46. The molecule has 0 spiro atoms. The van der Waals surface area contributed by atoms with Crippen LogP contribution in [-0.4, -0.2) is 42.3 Å². The zero-order valence-electron chi connectivity index (χ0n) is 15.4. The van der Waals surface area contributed by atoms with E-state index in [1.165, 1.54) is 12.8 Å². The topological polar surface area (TPSA) is 41.6 Å². The van der Waals surface area contributed by atoms with Crippen LogP contribution in [0.1, 0.15) is 73.1 Å². The number of nitrogens with zero attached hydrogens (tertiary/aromatic N) is 1. The highest BCUT2D eigenvalue weighted by Crippen LogP contribution is 2.24. The lowest BCUT2D eigenvalue weighted by Gasteiger charge is -2.36. The third-order valence-electron chi connectivity index (χ3n) is 4.78. The van der Waals surface area contributed by atoms with Crippen molar-refractivity contribution in [3.05, 3.63) is 0 Å². The highest BCUT2D eigenvalue weighted by Gasteiger charge is 2.29. The van der Waals surface area contributed by atoms with Gasteiger partial charge >= 0.3 is 6.09 Å². The molecule has 1 aliphatic carbocycles. The number of carbonyl (C=O) groups is 1. The molecule has 0 aromatic rings. The fourth-order valence-corrected chi connectivity index (χ4v) is 3.06. The average Bonchev–Trinajstić information content (AvgIpc) is 2.46. The van der Waals surface area contributed by atoms with Crippen LogP contribution in [0.5, 0.6) is 0 Å². The van der Waals surface area contributed by atoms with Crippen molar-refractivity contribution in [1.29, 1.82) is 0 Å². The van der Waals surface area contributed by atoms with Crippen molar-refractivity contribution in [3.63, 3.8) is 0 Å². The molecule has 0 radical (unpaired) electrons. The zero-order chi connectivity index (χ0) is 16.8. The largest absolute Gasteiger partial charge is 0.444 e. The van der Waals surface area contributed by atoms with Gasteiger partial charge in [-0.05, 0) is 58.9 Å². The molecule has 4 nitrogen and oxygen atoms in total. The third-order valence-corrected chi connectivity index (χ3v) is 4.78. The molecule has 0 aromatic heterocycles. The van der Waals surface area contributed by atoms with Crippen LogP contribution >= 0.6 is 0 Å². The van der Waals surface area contributed by atoms with E-state index in [1.54, 1.807) is 4.90 Å².